The summed E-state index contributed by atoms with van der Waals surface area (Å²) in [7, 11) is -3.80. The van der Waals surface area contributed by atoms with Crippen molar-refractivity contribution >= 4 is 21.6 Å². The molecule has 0 amide bonds. The molecule has 1 N–H and O–H groups in total. The topological polar surface area (TPSA) is 55.4 Å². The summed E-state index contributed by atoms with van der Waals surface area (Å²) in [6, 6.07) is 11.0. The quantitative estimate of drug-likeness (QED) is 0.860. The number of halogens is 2. The Labute approximate surface area is 152 Å². The van der Waals surface area contributed by atoms with E-state index in [1.54, 1.807) is 0 Å². The molecule has 1 aliphatic rings. The Morgan fingerprint density at radius 2 is 1.96 bits per heavy atom. The van der Waals surface area contributed by atoms with Gasteiger partial charge in [0.1, 0.15) is 17.2 Å². The van der Waals surface area contributed by atoms with Crippen molar-refractivity contribution in [1.82, 2.24) is 4.72 Å². The minimum atomic E-state index is -3.80. The molecule has 0 fully saturated rings. The van der Waals surface area contributed by atoms with Crippen molar-refractivity contribution < 1.29 is 17.5 Å². The van der Waals surface area contributed by atoms with Crippen LogP contribution < -0.4 is 9.46 Å². The fourth-order valence-electron chi connectivity index (χ4n) is 3.03. The summed E-state index contributed by atoms with van der Waals surface area (Å²) >= 11 is 5.95. The standard InChI is InChI=1S/C18H19ClFNO3S/c1-18(2)10-16(12-6-3-4-9-17(12)24-18)21-25(22,23)11-13-14(19)7-5-8-15(13)20/h3-9,16,21H,10-11H2,1-2H3. The first-order valence-electron chi connectivity index (χ1n) is 7.88. The van der Waals surface area contributed by atoms with Crippen LogP contribution in [-0.2, 0) is 15.8 Å². The minimum Gasteiger partial charge on any atom is -0.487 e. The molecule has 2 aromatic carbocycles. The summed E-state index contributed by atoms with van der Waals surface area (Å²) < 4.78 is 47.7. The van der Waals surface area contributed by atoms with E-state index < -0.39 is 33.2 Å². The lowest BCUT2D eigenvalue weighted by atomic mass is 9.90. The number of rotatable bonds is 4. The van der Waals surface area contributed by atoms with E-state index in [1.807, 2.05) is 38.1 Å². The molecular weight excluding hydrogens is 365 g/mol. The number of hydrogen-bond acceptors (Lipinski definition) is 3. The summed E-state index contributed by atoms with van der Waals surface area (Å²) in [5.74, 6) is -0.501. The van der Waals surface area contributed by atoms with Crippen molar-refractivity contribution in [1.29, 1.82) is 0 Å². The molecule has 4 nitrogen and oxygen atoms in total. The molecule has 25 heavy (non-hydrogen) atoms. The first kappa shape index (κ1) is 18.2. The molecule has 0 radical (unpaired) electrons. The highest BCUT2D eigenvalue weighted by Gasteiger charge is 2.35. The molecule has 0 bridgehead atoms. The molecule has 7 heteroatoms. The monoisotopic (exact) mass is 383 g/mol. The van der Waals surface area contributed by atoms with Crippen molar-refractivity contribution in [3.05, 3.63) is 64.4 Å². The highest BCUT2D eigenvalue weighted by Crippen LogP contribution is 2.39. The van der Waals surface area contributed by atoms with E-state index in [0.717, 1.165) is 5.56 Å². The molecule has 0 spiro atoms. The molecule has 1 aliphatic heterocycles. The maximum atomic E-state index is 13.9. The van der Waals surface area contributed by atoms with Crippen molar-refractivity contribution in [3.8, 4) is 5.75 Å². The van der Waals surface area contributed by atoms with Crippen LogP contribution in [0, 0.1) is 5.82 Å². The van der Waals surface area contributed by atoms with E-state index in [1.165, 1.54) is 18.2 Å². The number of sulfonamides is 1. The normalized spacial score (nSPS) is 19.1. The summed E-state index contributed by atoms with van der Waals surface area (Å²) in [4.78, 5) is 0. The second-order valence-corrected chi connectivity index (χ2v) is 8.89. The van der Waals surface area contributed by atoms with Gasteiger partial charge in [-0.15, -0.1) is 0 Å². The molecular formula is C18H19ClFNO3S. The van der Waals surface area contributed by atoms with Crippen LogP contribution >= 0.6 is 11.6 Å². The zero-order valence-corrected chi connectivity index (χ0v) is 15.5. The van der Waals surface area contributed by atoms with Crippen molar-refractivity contribution in [3.63, 3.8) is 0 Å². The van der Waals surface area contributed by atoms with Crippen LogP contribution in [0.3, 0.4) is 0 Å². The SMILES string of the molecule is CC1(C)CC(NS(=O)(=O)Cc2c(F)cccc2Cl)c2ccccc2O1. The van der Waals surface area contributed by atoms with Crippen LogP contribution in [0.2, 0.25) is 5.02 Å². The Morgan fingerprint density at radius 1 is 1.24 bits per heavy atom. The third kappa shape index (κ3) is 4.14. The van der Waals surface area contributed by atoms with Gasteiger partial charge >= 0.3 is 0 Å². The number of fused-ring (bicyclic) bond motifs is 1. The van der Waals surface area contributed by atoms with Gasteiger partial charge in [-0.2, -0.15) is 0 Å². The van der Waals surface area contributed by atoms with Crippen molar-refractivity contribution in [2.45, 2.75) is 37.7 Å². The highest BCUT2D eigenvalue weighted by molar-refractivity contribution is 7.88. The first-order valence-corrected chi connectivity index (χ1v) is 9.91. The van der Waals surface area contributed by atoms with E-state index in [-0.39, 0.29) is 10.6 Å². The molecule has 3 rings (SSSR count). The van der Waals surface area contributed by atoms with Gasteiger partial charge in [0.25, 0.3) is 0 Å². The molecule has 0 saturated carbocycles. The minimum absolute atomic E-state index is 0.0312. The number of benzene rings is 2. The third-order valence-electron chi connectivity index (χ3n) is 4.09. The average molecular weight is 384 g/mol. The molecule has 0 aromatic heterocycles. The Bertz CT molecular complexity index is 879. The van der Waals surface area contributed by atoms with Gasteiger partial charge in [-0.25, -0.2) is 17.5 Å². The van der Waals surface area contributed by atoms with Crippen LogP contribution in [-0.4, -0.2) is 14.0 Å². The molecule has 1 heterocycles. The summed E-state index contributed by atoms with van der Waals surface area (Å²) in [6.45, 7) is 3.80. The van der Waals surface area contributed by atoms with Gasteiger partial charge in [0.2, 0.25) is 10.0 Å². The van der Waals surface area contributed by atoms with Crippen molar-refractivity contribution in [2.75, 3.05) is 0 Å². The predicted molar refractivity (Wildman–Crippen MR) is 95.7 cm³/mol. The second-order valence-electron chi connectivity index (χ2n) is 6.73. The zero-order valence-electron chi connectivity index (χ0n) is 13.9. The van der Waals surface area contributed by atoms with E-state index in [9.17, 15) is 12.8 Å². The number of hydrogen-bond donors (Lipinski definition) is 1. The summed E-state index contributed by atoms with van der Waals surface area (Å²) in [6.07, 6.45) is 0.467. The molecule has 0 saturated heterocycles. The molecule has 0 aliphatic carbocycles. The molecule has 134 valence electrons. The average Bonchev–Trinajstić information content (AvgIpc) is 2.49. The zero-order chi connectivity index (χ0) is 18.2. The smallest absolute Gasteiger partial charge is 0.216 e. The lowest BCUT2D eigenvalue weighted by Gasteiger charge is -2.37. The summed E-state index contributed by atoms with van der Waals surface area (Å²) in [5, 5.41) is 0.0954. The second kappa shape index (κ2) is 6.59. The highest BCUT2D eigenvalue weighted by atomic mass is 35.5. The van der Waals surface area contributed by atoms with E-state index in [4.69, 9.17) is 16.3 Å². The molecule has 1 atom stereocenters. The number of nitrogens with one attached hydrogen (secondary N) is 1. The third-order valence-corrected chi connectivity index (χ3v) is 5.76. The van der Waals surface area contributed by atoms with Gasteiger partial charge in [0.05, 0.1) is 11.8 Å². The molecule has 2 aromatic rings. The van der Waals surface area contributed by atoms with Crippen LogP contribution in [0.5, 0.6) is 5.75 Å². The van der Waals surface area contributed by atoms with Gasteiger partial charge in [0, 0.05) is 22.6 Å². The Morgan fingerprint density at radius 3 is 2.68 bits per heavy atom. The van der Waals surface area contributed by atoms with Gasteiger partial charge < -0.3 is 4.74 Å². The Kier molecular flexibility index (Phi) is 4.79. The Hall–Kier alpha value is -1.63. The lowest BCUT2D eigenvalue weighted by molar-refractivity contribution is 0.0702. The van der Waals surface area contributed by atoms with Crippen molar-refractivity contribution in [2.24, 2.45) is 0 Å². The number of para-hydroxylation sites is 1. The van der Waals surface area contributed by atoms with E-state index >= 15 is 0 Å². The predicted octanol–water partition coefficient (Wildman–Crippen LogP) is 4.20. The van der Waals surface area contributed by atoms with E-state index in [0.29, 0.717) is 12.2 Å². The molecule has 1 unspecified atom stereocenters. The first-order chi connectivity index (χ1) is 11.7. The number of ether oxygens (including phenoxy) is 1. The van der Waals surface area contributed by atoms with Crippen LogP contribution in [0.15, 0.2) is 42.5 Å². The van der Waals surface area contributed by atoms with Gasteiger partial charge in [-0.05, 0) is 32.0 Å². The van der Waals surface area contributed by atoms with Crippen LogP contribution in [0.1, 0.15) is 37.4 Å². The van der Waals surface area contributed by atoms with Gasteiger partial charge in [-0.1, -0.05) is 35.9 Å². The van der Waals surface area contributed by atoms with E-state index in [2.05, 4.69) is 4.72 Å². The maximum Gasteiger partial charge on any atom is 0.216 e. The van der Waals surface area contributed by atoms with Gasteiger partial charge in [-0.3, -0.25) is 0 Å². The van der Waals surface area contributed by atoms with Crippen LogP contribution in [0.4, 0.5) is 4.39 Å². The maximum absolute atomic E-state index is 13.9. The Balaban J connectivity index is 1.88. The summed E-state index contributed by atoms with van der Waals surface area (Å²) in [5.41, 5.74) is 0.221. The fourth-order valence-corrected chi connectivity index (χ4v) is 4.74. The van der Waals surface area contributed by atoms with Crippen LogP contribution in [0.25, 0.3) is 0 Å². The largest absolute Gasteiger partial charge is 0.487 e. The lowest BCUT2D eigenvalue weighted by Crippen LogP contribution is -2.41. The fraction of sp³-hybridized carbons (Fsp3) is 0.333. The van der Waals surface area contributed by atoms with Gasteiger partial charge in [0.15, 0.2) is 0 Å².